The van der Waals surface area contributed by atoms with Gasteiger partial charge >= 0.3 is 5.63 Å². The Morgan fingerprint density at radius 3 is 2.72 bits per heavy atom. The minimum Gasteiger partial charge on any atom is -0.423 e. The van der Waals surface area contributed by atoms with Crippen LogP contribution in [0.3, 0.4) is 0 Å². The molecule has 0 saturated heterocycles. The number of rotatable bonds is 7. The molecule has 0 atom stereocenters. The van der Waals surface area contributed by atoms with Crippen LogP contribution in [0.15, 0.2) is 81.0 Å². The Morgan fingerprint density at radius 2 is 1.93 bits per heavy atom. The van der Waals surface area contributed by atoms with Crippen LogP contribution in [0.5, 0.6) is 0 Å². The van der Waals surface area contributed by atoms with E-state index in [4.69, 9.17) is 8.94 Å². The van der Waals surface area contributed by atoms with Gasteiger partial charge in [-0.3, -0.25) is 4.90 Å². The van der Waals surface area contributed by atoms with Crippen molar-refractivity contribution in [2.24, 2.45) is 0 Å². The van der Waals surface area contributed by atoms with Gasteiger partial charge in [-0.25, -0.2) is 4.79 Å². The summed E-state index contributed by atoms with van der Waals surface area (Å²) in [4.78, 5) is 18.3. The van der Waals surface area contributed by atoms with Gasteiger partial charge in [-0.1, -0.05) is 53.7 Å². The Bertz CT molecular complexity index is 1190. The number of nitrogens with zero attached hydrogens (tertiary/aromatic N) is 3. The van der Waals surface area contributed by atoms with Crippen LogP contribution in [-0.2, 0) is 13.1 Å². The van der Waals surface area contributed by atoms with Gasteiger partial charge in [0.05, 0.1) is 6.54 Å². The average Bonchev–Trinajstić information content (AvgIpc) is 3.17. The largest absolute Gasteiger partial charge is 0.423 e. The topological polar surface area (TPSA) is 72.4 Å². The summed E-state index contributed by atoms with van der Waals surface area (Å²) in [6.07, 6.45) is 1.83. The molecule has 146 valence electrons. The van der Waals surface area contributed by atoms with Crippen LogP contribution in [0.1, 0.15) is 17.0 Å². The Labute approximate surface area is 168 Å². The summed E-state index contributed by atoms with van der Waals surface area (Å²) in [5, 5.41) is 5.02. The quantitative estimate of drug-likeness (QED) is 0.347. The Kier molecular flexibility index (Phi) is 5.35. The van der Waals surface area contributed by atoms with Gasteiger partial charge in [0, 0.05) is 30.1 Å². The highest BCUT2D eigenvalue weighted by molar-refractivity contribution is 5.80. The summed E-state index contributed by atoms with van der Waals surface area (Å²) >= 11 is 0. The van der Waals surface area contributed by atoms with E-state index in [0.29, 0.717) is 36.9 Å². The van der Waals surface area contributed by atoms with Gasteiger partial charge in [-0.15, -0.1) is 6.58 Å². The molecule has 2 heterocycles. The Balaban J connectivity index is 1.54. The molecule has 0 N–H and O–H groups in total. The highest BCUT2D eigenvalue weighted by Crippen LogP contribution is 2.20. The molecule has 0 bridgehead atoms. The van der Waals surface area contributed by atoms with Gasteiger partial charge in [0.2, 0.25) is 11.7 Å². The normalized spacial score (nSPS) is 11.2. The van der Waals surface area contributed by atoms with E-state index in [9.17, 15) is 4.79 Å². The summed E-state index contributed by atoms with van der Waals surface area (Å²) in [6.45, 7) is 7.51. The third-order valence-electron chi connectivity index (χ3n) is 4.67. The first-order chi connectivity index (χ1) is 14.1. The maximum Gasteiger partial charge on any atom is 0.336 e. The molecule has 4 rings (SSSR count). The van der Waals surface area contributed by atoms with Crippen LogP contribution < -0.4 is 5.63 Å². The number of hydrogen-bond donors (Lipinski definition) is 0. The van der Waals surface area contributed by atoms with Gasteiger partial charge in [-0.05, 0) is 24.1 Å². The fourth-order valence-corrected chi connectivity index (χ4v) is 3.31. The summed E-state index contributed by atoms with van der Waals surface area (Å²) in [7, 11) is 0. The van der Waals surface area contributed by atoms with Crippen molar-refractivity contribution >= 4 is 11.0 Å². The minimum atomic E-state index is -0.339. The molecule has 0 aliphatic heterocycles. The van der Waals surface area contributed by atoms with Gasteiger partial charge in [0.25, 0.3) is 0 Å². The summed E-state index contributed by atoms with van der Waals surface area (Å²) in [5.41, 5.74) is 3.10. The third-order valence-corrected chi connectivity index (χ3v) is 4.67. The fraction of sp³-hybridized carbons (Fsp3) is 0.174. The maximum absolute atomic E-state index is 11.7. The monoisotopic (exact) mass is 387 g/mol. The van der Waals surface area contributed by atoms with E-state index >= 15 is 0 Å². The molecule has 0 saturated carbocycles. The van der Waals surface area contributed by atoms with Crippen molar-refractivity contribution in [3.63, 3.8) is 0 Å². The molecule has 0 spiro atoms. The molecule has 6 heteroatoms. The molecule has 0 radical (unpaired) electrons. The zero-order chi connectivity index (χ0) is 20.2. The van der Waals surface area contributed by atoms with Crippen molar-refractivity contribution in [2.45, 2.75) is 20.0 Å². The molecule has 6 nitrogen and oxygen atoms in total. The number of benzene rings is 2. The third kappa shape index (κ3) is 4.33. The summed E-state index contributed by atoms with van der Waals surface area (Å²) in [6, 6.07) is 17.1. The molecule has 0 amide bonds. The Morgan fingerprint density at radius 1 is 1.10 bits per heavy atom. The minimum absolute atomic E-state index is 0.339. The van der Waals surface area contributed by atoms with E-state index in [-0.39, 0.29) is 5.63 Å². The standard InChI is InChI=1S/C23H21N3O3/c1-3-11-26(15-21-24-23(25-29-21)18-7-5-4-6-8-18)14-17-9-10-19-16(2)12-22(27)28-20(19)13-17/h3-10,12-13H,1,11,14-15H2,2H3. The van der Waals surface area contributed by atoms with Crippen LogP contribution in [0.2, 0.25) is 0 Å². The maximum atomic E-state index is 11.7. The van der Waals surface area contributed by atoms with Gasteiger partial charge in [0.1, 0.15) is 5.58 Å². The van der Waals surface area contributed by atoms with Crippen molar-refractivity contribution < 1.29 is 8.94 Å². The number of fused-ring (bicyclic) bond motifs is 1. The molecule has 0 aliphatic rings. The van der Waals surface area contributed by atoms with Crippen molar-refractivity contribution in [1.29, 1.82) is 0 Å². The predicted molar refractivity (Wildman–Crippen MR) is 111 cm³/mol. The summed E-state index contributed by atoms with van der Waals surface area (Å²) in [5.74, 6) is 1.11. The second-order valence-corrected chi connectivity index (χ2v) is 6.92. The second-order valence-electron chi connectivity index (χ2n) is 6.92. The Hall–Kier alpha value is -3.51. The predicted octanol–water partition coefficient (Wildman–Crippen LogP) is 4.34. The molecule has 2 aromatic heterocycles. The lowest BCUT2D eigenvalue weighted by atomic mass is 10.1. The smallest absolute Gasteiger partial charge is 0.336 e. The van der Waals surface area contributed by atoms with Crippen LogP contribution in [0.25, 0.3) is 22.4 Å². The van der Waals surface area contributed by atoms with Gasteiger partial charge < -0.3 is 8.94 Å². The highest BCUT2D eigenvalue weighted by Gasteiger charge is 2.14. The lowest BCUT2D eigenvalue weighted by Gasteiger charge is -2.18. The number of hydrogen-bond acceptors (Lipinski definition) is 6. The lowest BCUT2D eigenvalue weighted by molar-refractivity contribution is 0.239. The van der Waals surface area contributed by atoms with Crippen molar-refractivity contribution in [2.75, 3.05) is 6.54 Å². The van der Waals surface area contributed by atoms with E-state index < -0.39 is 0 Å². The van der Waals surface area contributed by atoms with Crippen molar-refractivity contribution in [3.05, 3.63) is 94.7 Å². The molecular weight excluding hydrogens is 366 g/mol. The highest BCUT2D eigenvalue weighted by atomic mass is 16.5. The van der Waals surface area contributed by atoms with E-state index in [0.717, 1.165) is 22.1 Å². The number of aromatic nitrogens is 2. The molecule has 0 unspecified atom stereocenters. The van der Waals surface area contributed by atoms with Crippen LogP contribution in [-0.4, -0.2) is 21.6 Å². The first-order valence-corrected chi connectivity index (χ1v) is 9.37. The average molecular weight is 387 g/mol. The zero-order valence-electron chi connectivity index (χ0n) is 16.2. The first-order valence-electron chi connectivity index (χ1n) is 9.37. The van der Waals surface area contributed by atoms with Crippen molar-refractivity contribution in [3.8, 4) is 11.4 Å². The number of aryl methyl sites for hydroxylation is 1. The van der Waals surface area contributed by atoms with E-state index in [1.807, 2.05) is 61.5 Å². The molecular formula is C23H21N3O3. The molecule has 4 aromatic rings. The lowest BCUT2D eigenvalue weighted by Crippen LogP contribution is -2.23. The molecule has 0 aliphatic carbocycles. The second kappa shape index (κ2) is 8.24. The fourth-order valence-electron chi connectivity index (χ4n) is 3.31. The van der Waals surface area contributed by atoms with Gasteiger partial charge in [-0.2, -0.15) is 4.98 Å². The van der Waals surface area contributed by atoms with Crippen LogP contribution in [0.4, 0.5) is 0 Å². The van der Waals surface area contributed by atoms with E-state index in [1.165, 1.54) is 6.07 Å². The molecule has 2 aromatic carbocycles. The van der Waals surface area contributed by atoms with E-state index in [2.05, 4.69) is 21.6 Å². The van der Waals surface area contributed by atoms with Crippen LogP contribution >= 0.6 is 0 Å². The van der Waals surface area contributed by atoms with Gasteiger partial charge in [0.15, 0.2) is 0 Å². The SMILES string of the molecule is C=CCN(Cc1ccc2c(C)cc(=O)oc2c1)Cc1nc(-c2ccccc2)no1. The first kappa shape index (κ1) is 18.8. The van der Waals surface area contributed by atoms with E-state index in [1.54, 1.807) is 0 Å². The van der Waals surface area contributed by atoms with Crippen molar-refractivity contribution in [1.82, 2.24) is 15.0 Å². The summed E-state index contributed by atoms with van der Waals surface area (Å²) < 4.78 is 10.8. The van der Waals surface area contributed by atoms with Crippen LogP contribution in [0, 0.1) is 6.92 Å². The zero-order valence-corrected chi connectivity index (χ0v) is 16.2. The molecule has 29 heavy (non-hydrogen) atoms. The molecule has 0 fully saturated rings.